The Hall–Kier alpha value is -3.93. The fourth-order valence-electron chi connectivity index (χ4n) is 4.25. The van der Waals surface area contributed by atoms with E-state index in [2.05, 4.69) is 25.8 Å². The van der Waals surface area contributed by atoms with E-state index in [1.54, 1.807) is 49.8 Å². The average Bonchev–Trinajstić information content (AvgIpc) is 3.09. The predicted molar refractivity (Wildman–Crippen MR) is 132 cm³/mol. The summed E-state index contributed by atoms with van der Waals surface area (Å²) in [5.74, 6) is -1.01. The molecule has 0 spiro atoms. The molecule has 2 heterocycles. The summed E-state index contributed by atoms with van der Waals surface area (Å²) in [6, 6.07) is 15.5. The highest BCUT2D eigenvalue weighted by molar-refractivity contribution is 6.51. The zero-order chi connectivity index (χ0) is 24.6. The van der Waals surface area contributed by atoms with E-state index < -0.39 is 17.7 Å². The van der Waals surface area contributed by atoms with Crippen molar-refractivity contribution in [3.63, 3.8) is 0 Å². The van der Waals surface area contributed by atoms with Crippen molar-refractivity contribution in [2.45, 2.75) is 39.2 Å². The van der Waals surface area contributed by atoms with Crippen molar-refractivity contribution >= 4 is 23.1 Å². The number of hydrogen-bond donors (Lipinski definition) is 1. The molecule has 1 aliphatic rings. The van der Waals surface area contributed by atoms with Crippen LogP contribution in [0.3, 0.4) is 0 Å². The minimum atomic E-state index is -0.810. The number of amides is 1. The van der Waals surface area contributed by atoms with E-state index in [1.807, 2.05) is 31.2 Å². The number of pyridine rings is 1. The highest BCUT2D eigenvalue weighted by atomic mass is 16.5. The maximum absolute atomic E-state index is 13.3. The first-order valence-electron chi connectivity index (χ1n) is 11.1. The summed E-state index contributed by atoms with van der Waals surface area (Å²) in [6.07, 6.45) is 3.24. The monoisotopic (exact) mass is 456 g/mol. The van der Waals surface area contributed by atoms with Crippen molar-refractivity contribution in [2.24, 2.45) is 0 Å². The number of nitrogens with zero attached hydrogens (tertiary/aromatic N) is 2. The lowest BCUT2D eigenvalue weighted by atomic mass is 9.87. The summed E-state index contributed by atoms with van der Waals surface area (Å²) < 4.78 is 5.26. The van der Waals surface area contributed by atoms with Gasteiger partial charge in [0.15, 0.2) is 0 Å². The lowest BCUT2D eigenvalue weighted by molar-refractivity contribution is -0.132. The van der Waals surface area contributed by atoms with Crippen LogP contribution in [0.1, 0.15) is 49.1 Å². The third-order valence-corrected chi connectivity index (χ3v) is 6.14. The van der Waals surface area contributed by atoms with Crippen LogP contribution in [-0.2, 0) is 15.0 Å². The molecule has 0 aliphatic carbocycles. The van der Waals surface area contributed by atoms with Crippen molar-refractivity contribution in [3.8, 4) is 5.75 Å². The van der Waals surface area contributed by atoms with Crippen molar-refractivity contribution in [1.29, 1.82) is 0 Å². The van der Waals surface area contributed by atoms with Gasteiger partial charge < -0.3 is 9.84 Å². The van der Waals surface area contributed by atoms with Crippen LogP contribution in [0.2, 0.25) is 0 Å². The molecule has 0 saturated carbocycles. The average molecular weight is 457 g/mol. The number of benzene rings is 2. The van der Waals surface area contributed by atoms with E-state index in [0.29, 0.717) is 22.6 Å². The second kappa shape index (κ2) is 8.78. The number of aliphatic hydroxyl groups excluding tert-OH is 1. The molecule has 1 atom stereocenters. The van der Waals surface area contributed by atoms with Gasteiger partial charge in [0.1, 0.15) is 11.5 Å². The maximum atomic E-state index is 13.3. The van der Waals surface area contributed by atoms with Crippen LogP contribution in [0.5, 0.6) is 5.75 Å². The second-order valence-corrected chi connectivity index (χ2v) is 9.43. The summed E-state index contributed by atoms with van der Waals surface area (Å²) in [5.41, 5.74) is 3.49. The smallest absolute Gasteiger partial charge is 0.300 e. The summed E-state index contributed by atoms with van der Waals surface area (Å²) in [4.78, 5) is 32.2. The van der Waals surface area contributed by atoms with Crippen molar-refractivity contribution in [2.75, 3.05) is 12.0 Å². The Labute approximate surface area is 199 Å². The van der Waals surface area contributed by atoms with Crippen LogP contribution in [0.15, 0.2) is 72.6 Å². The van der Waals surface area contributed by atoms with Crippen molar-refractivity contribution in [3.05, 3.63) is 94.8 Å². The summed E-state index contributed by atoms with van der Waals surface area (Å²) in [7, 11) is 1.56. The first-order chi connectivity index (χ1) is 16.1. The number of ketones is 1. The van der Waals surface area contributed by atoms with Crippen LogP contribution in [0, 0.1) is 6.92 Å². The third-order valence-electron chi connectivity index (χ3n) is 6.14. The lowest BCUT2D eigenvalue weighted by Gasteiger charge is -2.26. The summed E-state index contributed by atoms with van der Waals surface area (Å²) >= 11 is 0. The van der Waals surface area contributed by atoms with Gasteiger partial charge in [0.2, 0.25) is 0 Å². The number of methoxy groups -OCH3 is 1. The molecule has 0 radical (unpaired) electrons. The van der Waals surface area contributed by atoms with E-state index in [1.165, 1.54) is 4.90 Å². The number of rotatable bonds is 4. The molecule has 1 fully saturated rings. The standard InChI is InChI=1S/C28H28N2O4/c1-17-15-21(34-5)12-13-22(17)25(31)23-24(18-7-6-14-29-16-18)30(27(33)26(23)32)20-10-8-19(9-11-20)28(2,3)4/h6-16,24,31H,1-5H3/b25-23-. The lowest BCUT2D eigenvalue weighted by Crippen LogP contribution is -2.29. The number of Topliss-reactive ketones (excluding diaryl/α,β-unsaturated/α-hetero) is 1. The molecule has 174 valence electrons. The van der Waals surface area contributed by atoms with Gasteiger partial charge in [0.25, 0.3) is 11.7 Å². The van der Waals surface area contributed by atoms with E-state index in [-0.39, 0.29) is 16.7 Å². The molecular weight excluding hydrogens is 428 g/mol. The number of aryl methyl sites for hydroxylation is 1. The summed E-state index contributed by atoms with van der Waals surface area (Å²) in [5, 5.41) is 11.3. The quantitative estimate of drug-likeness (QED) is 0.326. The molecule has 1 aromatic heterocycles. The van der Waals surface area contributed by atoms with Gasteiger partial charge in [-0.25, -0.2) is 0 Å². The number of anilines is 1. The Morgan fingerprint density at radius 2 is 1.76 bits per heavy atom. The molecular formula is C28H28N2O4. The minimum Gasteiger partial charge on any atom is -0.507 e. The fourth-order valence-corrected chi connectivity index (χ4v) is 4.25. The van der Waals surface area contributed by atoms with E-state index in [4.69, 9.17) is 4.74 Å². The zero-order valence-electron chi connectivity index (χ0n) is 20.0. The SMILES string of the molecule is COc1ccc(/C(O)=C2/C(=O)C(=O)N(c3ccc(C(C)(C)C)cc3)C2c2cccnc2)c(C)c1. The molecule has 1 unspecified atom stereocenters. The summed E-state index contributed by atoms with van der Waals surface area (Å²) in [6.45, 7) is 8.15. The van der Waals surface area contributed by atoms with Gasteiger partial charge in [-0.05, 0) is 65.4 Å². The van der Waals surface area contributed by atoms with Gasteiger partial charge in [-0.2, -0.15) is 0 Å². The molecule has 6 nitrogen and oxygen atoms in total. The van der Waals surface area contributed by atoms with Gasteiger partial charge in [-0.1, -0.05) is 39.0 Å². The largest absolute Gasteiger partial charge is 0.507 e. The van der Waals surface area contributed by atoms with Gasteiger partial charge in [0.05, 0.1) is 18.7 Å². The predicted octanol–water partition coefficient (Wildman–Crippen LogP) is 5.32. The Bertz CT molecular complexity index is 1270. The van der Waals surface area contributed by atoms with Crippen LogP contribution < -0.4 is 9.64 Å². The molecule has 1 aliphatic heterocycles. The van der Waals surface area contributed by atoms with Crippen LogP contribution >= 0.6 is 0 Å². The zero-order valence-corrected chi connectivity index (χ0v) is 20.0. The van der Waals surface area contributed by atoms with Gasteiger partial charge in [0, 0.05) is 23.6 Å². The first-order valence-corrected chi connectivity index (χ1v) is 11.1. The van der Waals surface area contributed by atoms with Crippen molar-refractivity contribution in [1.82, 2.24) is 4.98 Å². The molecule has 1 N–H and O–H groups in total. The van der Waals surface area contributed by atoms with Crippen LogP contribution in [-0.4, -0.2) is 28.9 Å². The number of aromatic nitrogens is 1. The maximum Gasteiger partial charge on any atom is 0.300 e. The van der Waals surface area contributed by atoms with Crippen molar-refractivity contribution < 1.29 is 19.4 Å². The first kappa shape index (κ1) is 23.2. The molecule has 4 rings (SSSR count). The molecule has 0 bridgehead atoms. The van der Waals surface area contributed by atoms with Crippen LogP contribution in [0.25, 0.3) is 5.76 Å². The second-order valence-electron chi connectivity index (χ2n) is 9.43. The number of carbonyl (C=O) groups excluding carboxylic acids is 2. The number of aliphatic hydroxyl groups is 1. The third kappa shape index (κ3) is 4.07. The molecule has 3 aromatic rings. The molecule has 1 saturated heterocycles. The van der Waals surface area contributed by atoms with Gasteiger partial charge in [-0.15, -0.1) is 0 Å². The Kier molecular flexibility index (Phi) is 6.00. The fraction of sp³-hybridized carbons (Fsp3) is 0.250. The van der Waals surface area contributed by atoms with E-state index in [9.17, 15) is 14.7 Å². The number of ether oxygens (including phenoxy) is 1. The minimum absolute atomic E-state index is 0.0335. The number of carbonyl (C=O) groups is 2. The normalized spacial score (nSPS) is 17.8. The van der Waals surface area contributed by atoms with Gasteiger partial charge >= 0.3 is 0 Å². The number of hydrogen-bond acceptors (Lipinski definition) is 5. The Morgan fingerprint density at radius 3 is 2.32 bits per heavy atom. The Morgan fingerprint density at radius 1 is 1.06 bits per heavy atom. The topological polar surface area (TPSA) is 79.7 Å². The highest BCUT2D eigenvalue weighted by Crippen LogP contribution is 2.42. The van der Waals surface area contributed by atoms with Crippen LogP contribution in [0.4, 0.5) is 5.69 Å². The Balaban J connectivity index is 1.90. The van der Waals surface area contributed by atoms with E-state index >= 15 is 0 Å². The molecule has 34 heavy (non-hydrogen) atoms. The highest BCUT2D eigenvalue weighted by Gasteiger charge is 2.47. The van der Waals surface area contributed by atoms with E-state index in [0.717, 1.165) is 11.1 Å². The molecule has 6 heteroatoms. The molecule has 1 amide bonds. The molecule has 2 aromatic carbocycles. The van der Waals surface area contributed by atoms with Gasteiger partial charge in [-0.3, -0.25) is 19.5 Å².